The third-order valence-electron chi connectivity index (χ3n) is 2.98. The molecule has 0 saturated carbocycles. The van der Waals surface area contributed by atoms with Gasteiger partial charge in [-0.25, -0.2) is 9.78 Å². The van der Waals surface area contributed by atoms with Crippen LogP contribution < -0.4 is 17.0 Å². The molecule has 0 saturated heterocycles. The molecule has 1 aliphatic rings. The third kappa shape index (κ3) is 3.62. The number of halogens is 1. The lowest BCUT2D eigenvalue weighted by molar-refractivity contribution is -0.116. The lowest BCUT2D eigenvalue weighted by Crippen LogP contribution is -2.21. The standard InChI is InChI=1S/C10H8N2O3S.C2H6N2O.ClH/c13-8-6-4-2-1-3-5(4)16-9(6)12-7(11-8)10(14)15;3-1-2(4)5;/h1-3H2,(H,14,15)(H,11,12,13);1,3H2,(H2,4,5);1H. The molecular weight excluding hydrogens is 332 g/mol. The summed E-state index contributed by atoms with van der Waals surface area (Å²) >= 11 is 1.44. The molecule has 0 atom stereocenters. The Labute approximate surface area is 134 Å². The number of hydrogen-bond acceptors (Lipinski definition) is 6. The normalized spacial score (nSPS) is 12.0. The van der Waals surface area contributed by atoms with E-state index in [1.54, 1.807) is 0 Å². The van der Waals surface area contributed by atoms with E-state index in [1.165, 1.54) is 16.2 Å². The highest BCUT2D eigenvalue weighted by Crippen LogP contribution is 2.34. The van der Waals surface area contributed by atoms with Crippen LogP contribution in [0.25, 0.3) is 10.2 Å². The van der Waals surface area contributed by atoms with E-state index >= 15 is 0 Å². The first-order valence-electron chi connectivity index (χ1n) is 6.20. The Bertz CT molecular complexity index is 770. The smallest absolute Gasteiger partial charge is 0.372 e. The molecule has 120 valence electrons. The van der Waals surface area contributed by atoms with Crippen LogP contribution in [-0.4, -0.2) is 33.5 Å². The molecule has 0 aliphatic heterocycles. The molecule has 1 aliphatic carbocycles. The van der Waals surface area contributed by atoms with Gasteiger partial charge in [-0.15, -0.1) is 23.7 Å². The van der Waals surface area contributed by atoms with E-state index in [2.05, 4.69) is 15.7 Å². The summed E-state index contributed by atoms with van der Waals surface area (Å²) in [5, 5.41) is 9.37. The van der Waals surface area contributed by atoms with E-state index in [-0.39, 0.29) is 30.3 Å². The van der Waals surface area contributed by atoms with Gasteiger partial charge < -0.3 is 21.6 Å². The minimum atomic E-state index is -1.20. The minimum absolute atomic E-state index is 0. The van der Waals surface area contributed by atoms with E-state index in [9.17, 15) is 14.4 Å². The van der Waals surface area contributed by atoms with Gasteiger partial charge >= 0.3 is 5.97 Å². The predicted octanol–water partition coefficient (Wildman–Crippen LogP) is 0.0237. The molecule has 0 radical (unpaired) electrons. The van der Waals surface area contributed by atoms with Crippen molar-refractivity contribution in [3.63, 3.8) is 0 Å². The molecule has 1 amide bonds. The first-order chi connectivity index (χ1) is 9.93. The van der Waals surface area contributed by atoms with Gasteiger partial charge in [0.1, 0.15) is 4.83 Å². The quantitative estimate of drug-likeness (QED) is 0.601. The van der Waals surface area contributed by atoms with Gasteiger partial charge in [-0.05, 0) is 24.8 Å². The van der Waals surface area contributed by atoms with Crippen molar-refractivity contribution >= 4 is 45.8 Å². The fraction of sp³-hybridized carbons (Fsp3) is 0.333. The summed E-state index contributed by atoms with van der Waals surface area (Å²) in [7, 11) is 0. The van der Waals surface area contributed by atoms with Crippen molar-refractivity contribution in [2.45, 2.75) is 19.3 Å². The van der Waals surface area contributed by atoms with Crippen LogP contribution in [0, 0.1) is 0 Å². The van der Waals surface area contributed by atoms with Crippen molar-refractivity contribution in [3.8, 4) is 0 Å². The van der Waals surface area contributed by atoms with Crippen molar-refractivity contribution in [1.29, 1.82) is 0 Å². The maximum absolute atomic E-state index is 11.8. The van der Waals surface area contributed by atoms with Crippen LogP contribution in [-0.2, 0) is 17.6 Å². The van der Waals surface area contributed by atoms with Crippen LogP contribution in [0.1, 0.15) is 27.5 Å². The average Bonchev–Trinajstić information content (AvgIpc) is 2.98. The molecule has 10 heteroatoms. The second kappa shape index (κ2) is 7.34. The van der Waals surface area contributed by atoms with Crippen LogP contribution in [0.4, 0.5) is 0 Å². The zero-order valence-electron chi connectivity index (χ0n) is 11.4. The summed E-state index contributed by atoms with van der Waals surface area (Å²) in [6.07, 6.45) is 2.93. The zero-order chi connectivity index (χ0) is 15.6. The number of nitrogens with one attached hydrogen (secondary N) is 1. The van der Waals surface area contributed by atoms with Gasteiger partial charge in [0.15, 0.2) is 0 Å². The molecule has 3 rings (SSSR count). The van der Waals surface area contributed by atoms with E-state index in [1.807, 2.05) is 0 Å². The minimum Gasteiger partial charge on any atom is -0.475 e. The summed E-state index contributed by atoms with van der Waals surface area (Å²) in [4.78, 5) is 40.0. The van der Waals surface area contributed by atoms with Crippen molar-refractivity contribution in [2.75, 3.05) is 6.54 Å². The van der Waals surface area contributed by atoms with E-state index in [0.717, 1.165) is 24.8 Å². The van der Waals surface area contributed by atoms with Crippen LogP contribution >= 0.6 is 23.7 Å². The second-order valence-electron chi connectivity index (χ2n) is 4.43. The summed E-state index contributed by atoms with van der Waals surface area (Å²) in [5.41, 5.74) is 9.95. The number of rotatable bonds is 2. The van der Waals surface area contributed by atoms with Gasteiger partial charge in [-0.3, -0.25) is 9.59 Å². The number of H-pyrrole nitrogens is 1. The van der Waals surface area contributed by atoms with E-state index in [4.69, 9.17) is 10.8 Å². The number of aromatic nitrogens is 2. The molecule has 0 fully saturated rings. The molecule has 2 aromatic heterocycles. The van der Waals surface area contributed by atoms with E-state index in [0.29, 0.717) is 10.2 Å². The Morgan fingerprint density at radius 1 is 1.36 bits per heavy atom. The molecule has 0 unspecified atom stereocenters. The van der Waals surface area contributed by atoms with Gasteiger partial charge in [-0.1, -0.05) is 0 Å². The Morgan fingerprint density at radius 2 is 2.00 bits per heavy atom. The number of carbonyl (C=O) groups is 2. The third-order valence-corrected chi connectivity index (χ3v) is 4.16. The Kier molecular flexibility index (Phi) is 6.03. The molecule has 0 bridgehead atoms. The second-order valence-corrected chi connectivity index (χ2v) is 5.51. The number of aromatic amines is 1. The highest BCUT2D eigenvalue weighted by molar-refractivity contribution is 7.18. The first kappa shape index (κ1) is 18.1. The van der Waals surface area contributed by atoms with Crippen molar-refractivity contribution in [3.05, 3.63) is 26.6 Å². The number of primary amides is 1. The van der Waals surface area contributed by atoms with Crippen molar-refractivity contribution in [2.24, 2.45) is 11.5 Å². The molecule has 2 aromatic rings. The summed E-state index contributed by atoms with van der Waals surface area (Å²) in [6.45, 7) is -0.0556. The summed E-state index contributed by atoms with van der Waals surface area (Å²) < 4.78 is 0. The number of fused-ring (bicyclic) bond motifs is 3. The number of nitrogens with zero attached hydrogens (tertiary/aromatic N) is 1. The van der Waals surface area contributed by atoms with Crippen LogP contribution in [0.5, 0.6) is 0 Å². The largest absolute Gasteiger partial charge is 0.475 e. The van der Waals surface area contributed by atoms with Gasteiger partial charge in [0, 0.05) is 4.88 Å². The van der Waals surface area contributed by atoms with Gasteiger partial charge in [-0.2, -0.15) is 0 Å². The lowest BCUT2D eigenvalue weighted by Gasteiger charge is -1.95. The number of hydrogen-bond donors (Lipinski definition) is 4. The summed E-state index contributed by atoms with van der Waals surface area (Å²) in [5.74, 6) is -1.95. The molecule has 22 heavy (non-hydrogen) atoms. The molecule has 0 spiro atoms. The van der Waals surface area contributed by atoms with Crippen LogP contribution in [0.15, 0.2) is 4.79 Å². The van der Waals surface area contributed by atoms with Crippen molar-refractivity contribution < 1.29 is 14.7 Å². The maximum atomic E-state index is 11.8. The average molecular weight is 347 g/mol. The SMILES string of the molecule is Cl.NCC(N)=O.O=C(O)c1nc2sc3c(c2c(=O)[nH]1)CCC3. The zero-order valence-corrected chi connectivity index (χ0v) is 13.1. The fourth-order valence-electron chi connectivity index (χ4n) is 2.10. The first-order valence-corrected chi connectivity index (χ1v) is 7.02. The van der Waals surface area contributed by atoms with Crippen LogP contribution in [0.2, 0.25) is 0 Å². The van der Waals surface area contributed by atoms with E-state index < -0.39 is 11.9 Å². The van der Waals surface area contributed by atoms with Crippen LogP contribution in [0.3, 0.4) is 0 Å². The number of carboxylic acid groups (broad SMARTS) is 1. The monoisotopic (exact) mass is 346 g/mol. The molecule has 8 nitrogen and oxygen atoms in total. The Morgan fingerprint density at radius 3 is 2.55 bits per heavy atom. The molecule has 2 heterocycles. The number of carbonyl (C=O) groups excluding carboxylic acids is 1. The number of nitrogens with two attached hydrogens (primary N) is 2. The fourth-order valence-corrected chi connectivity index (χ4v) is 3.37. The number of aromatic carboxylic acids is 1. The Hall–Kier alpha value is -1.97. The summed E-state index contributed by atoms with van der Waals surface area (Å²) in [6, 6.07) is 0. The lowest BCUT2D eigenvalue weighted by atomic mass is 10.2. The molecule has 6 N–H and O–H groups in total. The number of amides is 1. The molecular formula is C12H15ClN4O4S. The number of aryl methyl sites for hydroxylation is 2. The highest BCUT2D eigenvalue weighted by Gasteiger charge is 2.21. The predicted molar refractivity (Wildman–Crippen MR) is 84.7 cm³/mol. The number of thiophene rings is 1. The maximum Gasteiger partial charge on any atom is 0.372 e. The topological polar surface area (TPSA) is 152 Å². The molecule has 0 aromatic carbocycles. The van der Waals surface area contributed by atoms with Crippen molar-refractivity contribution in [1.82, 2.24) is 9.97 Å². The Balaban J connectivity index is 0.000000356. The highest BCUT2D eigenvalue weighted by atomic mass is 35.5. The van der Waals surface area contributed by atoms with Gasteiger partial charge in [0.2, 0.25) is 11.7 Å². The number of carboxylic acids is 1. The van der Waals surface area contributed by atoms with Gasteiger partial charge in [0.25, 0.3) is 5.56 Å². The van der Waals surface area contributed by atoms with Gasteiger partial charge in [0.05, 0.1) is 11.9 Å².